The van der Waals surface area contributed by atoms with Crippen molar-refractivity contribution in [3.05, 3.63) is 30.1 Å². The number of aromatic nitrogens is 1. The largest absolute Gasteiger partial charge is 0.351 e. The molecule has 5 heteroatoms. The van der Waals surface area contributed by atoms with Gasteiger partial charge in [0, 0.05) is 24.7 Å². The van der Waals surface area contributed by atoms with Gasteiger partial charge in [-0.2, -0.15) is 12.6 Å². The molecule has 1 rings (SSSR count). The summed E-state index contributed by atoms with van der Waals surface area (Å²) in [6.45, 7) is 0.475. The minimum Gasteiger partial charge on any atom is -0.351 e. The quantitative estimate of drug-likeness (QED) is 0.612. The van der Waals surface area contributed by atoms with E-state index in [-0.39, 0.29) is 5.91 Å². The van der Waals surface area contributed by atoms with E-state index in [1.165, 1.54) is 0 Å². The molecule has 1 aromatic heterocycles. The molecule has 76 valence electrons. The van der Waals surface area contributed by atoms with Crippen molar-refractivity contribution in [2.45, 2.75) is 12.6 Å². The molecule has 1 amide bonds. The summed E-state index contributed by atoms with van der Waals surface area (Å²) < 4.78 is 0. The molecule has 14 heavy (non-hydrogen) atoms. The number of rotatable bonds is 4. The molecular formula is C9H13N3OS. The number of nitrogens with two attached hydrogens (primary N) is 1. The SMILES string of the molecule is NC(CS)C(=O)NCc1ccncc1. The summed E-state index contributed by atoms with van der Waals surface area (Å²) in [6.07, 6.45) is 3.36. The number of nitrogens with one attached hydrogen (secondary N) is 1. The maximum absolute atomic E-state index is 11.2. The van der Waals surface area contributed by atoms with Crippen LogP contribution in [-0.4, -0.2) is 22.7 Å². The van der Waals surface area contributed by atoms with Crippen molar-refractivity contribution in [3.63, 3.8) is 0 Å². The number of nitrogens with zero attached hydrogens (tertiary/aromatic N) is 1. The summed E-state index contributed by atoms with van der Waals surface area (Å²) >= 11 is 3.94. The van der Waals surface area contributed by atoms with Crippen LogP contribution >= 0.6 is 12.6 Å². The van der Waals surface area contributed by atoms with E-state index in [0.717, 1.165) is 5.56 Å². The maximum Gasteiger partial charge on any atom is 0.238 e. The van der Waals surface area contributed by atoms with Crippen LogP contribution in [0.3, 0.4) is 0 Å². The molecule has 0 aliphatic carbocycles. The first-order valence-corrected chi connectivity index (χ1v) is 4.90. The van der Waals surface area contributed by atoms with E-state index in [4.69, 9.17) is 5.73 Å². The number of pyridine rings is 1. The molecule has 3 N–H and O–H groups in total. The first-order chi connectivity index (χ1) is 6.74. The second-order valence-corrected chi connectivity index (χ2v) is 3.23. The molecule has 1 atom stereocenters. The Morgan fingerprint density at radius 1 is 1.57 bits per heavy atom. The number of carbonyl (C=O) groups is 1. The third-order valence-corrected chi connectivity index (χ3v) is 2.14. The van der Waals surface area contributed by atoms with Gasteiger partial charge in [-0.1, -0.05) is 0 Å². The fourth-order valence-electron chi connectivity index (χ4n) is 0.904. The predicted octanol–water partition coefficient (Wildman–Crippen LogP) is -0.0451. The third-order valence-electron chi connectivity index (χ3n) is 1.75. The normalized spacial score (nSPS) is 12.1. The Morgan fingerprint density at radius 2 is 2.21 bits per heavy atom. The van der Waals surface area contributed by atoms with E-state index >= 15 is 0 Å². The maximum atomic E-state index is 11.2. The molecule has 0 aromatic carbocycles. The fourth-order valence-corrected chi connectivity index (χ4v) is 1.07. The summed E-state index contributed by atoms with van der Waals surface area (Å²) in [5.41, 5.74) is 6.48. The summed E-state index contributed by atoms with van der Waals surface area (Å²) in [5.74, 6) is 0.166. The lowest BCUT2D eigenvalue weighted by atomic mass is 10.2. The zero-order chi connectivity index (χ0) is 10.4. The van der Waals surface area contributed by atoms with E-state index in [2.05, 4.69) is 22.9 Å². The molecule has 1 heterocycles. The van der Waals surface area contributed by atoms with Crippen molar-refractivity contribution in [2.75, 3.05) is 5.75 Å². The van der Waals surface area contributed by atoms with Gasteiger partial charge >= 0.3 is 0 Å². The molecule has 0 spiro atoms. The lowest BCUT2D eigenvalue weighted by Crippen LogP contribution is -2.41. The monoisotopic (exact) mass is 211 g/mol. The Kier molecular flexibility index (Phi) is 4.42. The van der Waals surface area contributed by atoms with Gasteiger partial charge in [0.15, 0.2) is 0 Å². The average molecular weight is 211 g/mol. The average Bonchev–Trinajstić information content (AvgIpc) is 2.26. The highest BCUT2D eigenvalue weighted by atomic mass is 32.1. The van der Waals surface area contributed by atoms with Crippen molar-refractivity contribution < 1.29 is 4.79 Å². The highest BCUT2D eigenvalue weighted by Crippen LogP contribution is 1.95. The van der Waals surface area contributed by atoms with Crippen LogP contribution in [0.5, 0.6) is 0 Å². The number of thiol groups is 1. The molecule has 4 nitrogen and oxygen atoms in total. The van der Waals surface area contributed by atoms with Gasteiger partial charge in [-0.15, -0.1) is 0 Å². The number of amides is 1. The summed E-state index contributed by atoms with van der Waals surface area (Å²) in [7, 11) is 0. The molecular weight excluding hydrogens is 198 g/mol. The van der Waals surface area contributed by atoms with Crippen LogP contribution in [0.2, 0.25) is 0 Å². The van der Waals surface area contributed by atoms with Crippen LogP contribution in [0.25, 0.3) is 0 Å². The number of hydrogen-bond acceptors (Lipinski definition) is 4. The second-order valence-electron chi connectivity index (χ2n) is 2.86. The lowest BCUT2D eigenvalue weighted by molar-refractivity contribution is -0.122. The second kappa shape index (κ2) is 5.62. The Balaban J connectivity index is 2.38. The van der Waals surface area contributed by atoms with Gasteiger partial charge in [0.05, 0.1) is 6.04 Å². The number of hydrogen-bond donors (Lipinski definition) is 3. The van der Waals surface area contributed by atoms with Gasteiger partial charge in [0.25, 0.3) is 0 Å². The third kappa shape index (κ3) is 3.35. The van der Waals surface area contributed by atoms with E-state index in [1.54, 1.807) is 12.4 Å². The smallest absolute Gasteiger partial charge is 0.238 e. The molecule has 0 radical (unpaired) electrons. The lowest BCUT2D eigenvalue weighted by Gasteiger charge is -2.09. The number of carbonyl (C=O) groups excluding carboxylic acids is 1. The topological polar surface area (TPSA) is 68.0 Å². The highest BCUT2D eigenvalue weighted by molar-refractivity contribution is 7.80. The van der Waals surface area contributed by atoms with Crippen molar-refractivity contribution in [2.24, 2.45) is 5.73 Å². The van der Waals surface area contributed by atoms with Gasteiger partial charge in [0.2, 0.25) is 5.91 Å². The van der Waals surface area contributed by atoms with E-state index in [0.29, 0.717) is 12.3 Å². The molecule has 1 aromatic rings. The van der Waals surface area contributed by atoms with Crippen LogP contribution in [0, 0.1) is 0 Å². The summed E-state index contributed by atoms with van der Waals surface area (Å²) in [4.78, 5) is 15.1. The van der Waals surface area contributed by atoms with Crippen LogP contribution in [0.15, 0.2) is 24.5 Å². The summed E-state index contributed by atoms with van der Waals surface area (Å²) in [6, 6.07) is 3.14. The predicted molar refractivity (Wildman–Crippen MR) is 57.9 cm³/mol. The van der Waals surface area contributed by atoms with Crippen LogP contribution in [0.1, 0.15) is 5.56 Å². The van der Waals surface area contributed by atoms with Gasteiger partial charge < -0.3 is 11.1 Å². The van der Waals surface area contributed by atoms with Crippen molar-refractivity contribution >= 4 is 18.5 Å². The Labute approximate surface area is 88.3 Å². The summed E-state index contributed by atoms with van der Waals surface area (Å²) in [5, 5.41) is 2.71. The van der Waals surface area contributed by atoms with E-state index in [9.17, 15) is 4.79 Å². The molecule has 0 fully saturated rings. The zero-order valence-electron chi connectivity index (χ0n) is 7.68. The first-order valence-electron chi connectivity index (χ1n) is 4.27. The van der Waals surface area contributed by atoms with Crippen LogP contribution < -0.4 is 11.1 Å². The van der Waals surface area contributed by atoms with Gasteiger partial charge in [-0.3, -0.25) is 9.78 Å². The van der Waals surface area contributed by atoms with Gasteiger partial charge in [-0.25, -0.2) is 0 Å². The Hall–Kier alpha value is -1.07. The van der Waals surface area contributed by atoms with Gasteiger partial charge in [0.1, 0.15) is 0 Å². The standard InChI is InChI=1S/C9H13N3OS/c10-8(6-14)9(13)12-5-7-1-3-11-4-2-7/h1-4,8,14H,5-6,10H2,(H,12,13). The fraction of sp³-hybridized carbons (Fsp3) is 0.333. The highest BCUT2D eigenvalue weighted by Gasteiger charge is 2.09. The van der Waals surface area contributed by atoms with Gasteiger partial charge in [-0.05, 0) is 17.7 Å². The Bertz CT molecular complexity index is 291. The molecule has 0 saturated carbocycles. The molecule has 0 aliphatic rings. The van der Waals surface area contributed by atoms with Crippen LogP contribution in [-0.2, 0) is 11.3 Å². The molecule has 0 saturated heterocycles. The molecule has 0 aliphatic heterocycles. The Morgan fingerprint density at radius 3 is 2.79 bits per heavy atom. The molecule has 1 unspecified atom stereocenters. The minimum atomic E-state index is -0.542. The van der Waals surface area contributed by atoms with Crippen molar-refractivity contribution in [1.82, 2.24) is 10.3 Å². The minimum absolute atomic E-state index is 0.184. The van der Waals surface area contributed by atoms with Crippen molar-refractivity contribution in [3.8, 4) is 0 Å². The zero-order valence-corrected chi connectivity index (χ0v) is 8.58. The van der Waals surface area contributed by atoms with Crippen molar-refractivity contribution in [1.29, 1.82) is 0 Å². The van der Waals surface area contributed by atoms with E-state index < -0.39 is 6.04 Å². The van der Waals surface area contributed by atoms with Crippen LogP contribution in [0.4, 0.5) is 0 Å². The van der Waals surface area contributed by atoms with E-state index in [1.807, 2.05) is 12.1 Å². The first kappa shape index (κ1) is 11.0. The molecule has 0 bridgehead atoms.